The lowest BCUT2D eigenvalue weighted by molar-refractivity contribution is -0.122. The molecule has 0 aliphatic rings. The van der Waals surface area contributed by atoms with Gasteiger partial charge in [-0.15, -0.1) is 0 Å². The molecule has 0 atom stereocenters. The molecular formula is C19H18ClN5O3S. The molecule has 29 heavy (non-hydrogen) atoms. The van der Waals surface area contributed by atoms with Crippen LogP contribution in [0.15, 0.2) is 48.5 Å². The highest BCUT2D eigenvalue weighted by molar-refractivity contribution is 7.71. The number of hydrogen-bond acceptors (Lipinski definition) is 5. The van der Waals surface area contributed by atoms with Crippen molar-refractivity contribution in [3.05, 3.63) is 63.9 Å². The number of carbonyl (C=O) groups excluding carboxylic acids is 2. The summed E-state index contributed by atoms with van der Waals surface area (Å²) in [5.74, 6) is 0.311. The van der Waals surface area contributed by atoms with Gasteiger partial charge in [0.15, 0.2) is 10.6 Å². The number of H-pyrrole nitrogens is 1. The zero-order chi connectivity index (χ0) is 20.8. The van der Waals surface area contributed by atoms with Crippen LogP contribution in [0, 0.1) is 4.77 Å². The van der Waals surface area contributed by atoms with Crippen LogP contribution in [0.1, 0.15) is 17.3 Å². The van der Waals surface area contributed by atoms with E-state index in [-0.39, 0.29) is 11.3 Å². The van der Waals surface area contributed by atoms with Crippen LogP contribution in [-0.2, 0) is 11.3 Å². The average Bonchev–Trinajstić information content (AvgIpc) is 3.08. The number of hydrogen-bond donors (Lipinski definition) is 3. The first-order chi connectivity index (χ1) is 14.0. The van der Waals surface area contributed by atoms with Gasteiger partial charge >= 0.3 is 0 Å². The third kappa shape index (κ3) is 5.21. The first-order valence-electron chi connectivity index (χ1n) is 8.71. The second-order valence-electron chi connectivity index (χ2n) is 5.91. The lowest BCUT2D eigenvalue weighted by atomic mass is 10.2. The third-order valence-electron chi connectivity index (χ3n) is 3.91. The SMILES string of the molecule is CCOc1ccc(-c2n[nH]c(=S)n2CC(=O)NNC(=O)c2ccc(Cl)cc2)cc1. The zero-order valence-electron chi connectivity index (χ0n) is 15.4. The van der Waals surface area contributed by atoms with Crippen molar-refractivity contribution < 1.29 is 14.3 Å². The Morgan fingerprint density at radius 2 is 1.83 bits per heavy atom. The van der Waals surface area contributed by atoms with Crippen LogP contribution in [0.5, 0.6) is 5.75 Å². The Hall–Kier alpha value is -3.17. The summed E-state index contributed by atoms with van der Waals surface area (Å²) in [5.41, 5.74) is 5.85. The molecule has 150 valence electrons. The quantitative estimate of drug-likeness (QED) is 0.411. The van der Waals surface area contributed by atoms with E-state index in [2.05, 4.69) is 21.0 Å². The van der Waals surface area contributed by atoms with E-state index >= 15 is 0 Å². The van der Waals surface area contributed by atoms with Gasteiger partial charge in [-0.2, -0.15) is 5.10 Å². The molecule has 2 amide bonds. The molecule has 0 saturated carbocycles. The minimum absolute atomic E-state index is 0.126. The molecule has 3 aromatic rings. The van der Waals surface area contributed by atoms with E-state index in [0.29, 0.717) is 23.0 Å². The zero-order valence-corrected chi connectivity index (χ0v) is 17.0. The van der Waals surface area contributed by atoms with Gasteiger partial charge in [-0.3, -0.25) is 30.1 Å². The number of hydrazine groups is 1. The smallest absolute Gasteiger partial charge is 0.269 e. The molecule has 0 bridgehead atoms. The van der Waals surface area contributed by atoms with Crippen molar-refractivity contribution in [2.45, 2.75) is 13.5 Å². The highest BCUT2D eigenvalue weighted by Gasteiger charge is 2.13. The second-order valence-corrected chi connectivity index (χ2v) is 6.73. The summed E-state index contributed by atoms with van der Waals surface area (Å²) in [6.07, 6.45) is 0. The summed E-state index contributed by atoms with van der Waals surface area (Å²) in [7, 11) is 0. The molecule has 0 aliphatic carbocycles. The van der Waals surface area contributed by atoms with Gasteiger partial charge in [0.1, 0.15) is 12.3 Å². The highest BCUT2D eigenvalue weighted by Crippen LogP contribution is 2.21. The minimum Gasteiger partial charge on any atom is -0.494 e. The maximum atomic E-state index is 12.3. The number of carbonyl (C=O) groups is 2. The normalized spacial score (nSPS) is 10.4. The maximum absolute atomic E-state index is 12.3. The molecule has 1 heterocycles. The largest absolute Gasteiger partial charge is 0.494 e. The van der Waals surface area contributed by atoms with Crippen molar-refractivity contribution >= 4 is 35.6 Å². The summed E-state index contributed by atoms with van der Waals surface area (Å²) < 4.78 is 7.25. The topological polar surface area (TPSA) is 101 Å². The molecule has 0 radical (unpaired) electrons. The van der Waals surface area contributed by atoms with Gasteiger partial charge in [0.2, 0.25) is 0 Å². The number of nitrogens with zero attached hydrogens (tertiary/aromatic N) is 2. The number of amides is 2. The van der Waals surface area contributed by atoms with Crippen molar-refractivity contribution in [1.82, 2.24) is 25.6 Å². The molecule has 3 rings (SSSR count). The number of ether oxygens (including phenoxy) is 1. The number of aromatic amines is 1. The Labute approximate surface area is 176 Å². The minimum atomic E-state index is -0.461. The Kier molecular flexibility index (Phi) is 6.63. The van der Waals surface area contributed by atoms with Crippen molar-refractivity contribution in [2.75, 3.05) is 6.61 Å². The first kappa shape index (κ1) is 20.6. The Morgan fingerprint density at radius 1 is 1.14 bits per heavy atom. The molecule has 0 saturated heterocycles. The number of nitrogens with one attached hydrogen (secondary N) is 3. The molecule has 10 heteroatoms. The van der Waals surface area contributed by atoms with Crippen LogP contribution in [-0.4, -0.2) is 33.2 Å². The van der Waals surface area contributed by atoms with Gasteiger partial charge in [-0.25, -0.2) is 0 Å². The van der Waals surface area contributed by atoms with Gasteiger partial charge < -0.3 is 4.74 Å². The molecular weight excluding hydrogens is 414 g/mol. The van der Waals surface area contributed by atoms with E-state index in [1.165, 1.54) is 4.57 Å². The molecule has 2 aromatic carbocycles. The van der Waals surface area contributed by atoms with Gasteiger partial charge in [0.25, 0.3) is 11.8 Å². The van der Waals surface area contributed by atoms with E-state index in [1.807, 2.05) is 31.2 Å². The predicted octanol–water partition coefficient (Wildman–Crippen LogP) is 3.12. The van der Waals surface area contributed by atoms with Crippen molar-refractivity contribution in [3.63, 3.8) is 0 Å². The van der Waals surface area contributed by atoms with Gasteiger partial charge in [-0.1, -0.05) is 11.6 Å². The summed E-state index contributed by atoms with van der Waals surface area (Å²) in [6, 6.07) is 13.6. The van der Waals surface area contributed by atoms with E-state index in [1.54, 1.807) is 24.3 Å². The molecule has 0 fully saturated rings. The van der Waals surface area contributed by atoms with Crippen LogP contribution >= 0.6 is 23.8 Å². The lowest BCUT2D eigenvalue weighted by Crippen LogP contribution is -2.43. The van der Waals surface area contributed by atoms with Crippen LogP contribution in [0.4, 0.5) is 0 Å². The van der Waals surface area contributed by atoms with E-state index in [4.69, 9.17) is 28.6 Å². The third-order valence-corrected chi connectivity index (χ3v) is 4.47. The average molecular weight is 432 g/mol. The lowest BCUT2D eigenvalue weighted by Gasteiger charge is -2.10. The number of rotatable bonds is 6. The van der Waals surface area contributed by atoms with Crippen LogP contribution in [0.25, 0.3) is 11.4 Å². The molecule has 1 aromatic heterocycles. The molecule has 3 N–H and O–H groups in total. The highest BCUT2D eigenvalue weighted by atomic mass is 35.5. The van der Waals surface area contributed by atoms with Crippen molar-refractivity contribution in [2.24, 2.45) is 0 Å². The van der Waals surface area contributed by atoms with Crippen molar-refractivity contribution in [3.8, 4) is 17.1 Å². The fraction of sp³-hybridized carbons (Fsp3) is 0.158. The van der Waals surface area contributed by atoms with Crippen LogP contribution in [0.3, 0.4) is 0 Å². The summed E-state index contributed by atoms with van der Waals surface area (Å²) in [4.78, 5) is 24.4. The standard InChI is InChI=1S/C19H18ClN5O3S/c1-2-28-15-9-5-12(6-10-15)17-22-24-19(29)25(17)11-16(26)21-23-18(27)13-3-7-14(20)8-4-13/h3-10H,2,11H2,1H3,(H,21,26)(H,23,27)(H,24,29). The van der Waals surface area contributed by atoms with Gasteiger partial charge in [0, 0.05) is 16.1 Å². The summed E-state index contributed by atoms with van der Waals surface area (Å²) in [6.45, 7) is 2.35. The molecule has 0 aliphatic heterocycles. The predicted molar refractivity (Wildman–Crippen MR) is 111 cm³/mol. The Bertz CT molecular complexity index is 1060. The molecule has 8 nitrogen and oxygen atoms in total. The van der Waals surface area contributed by atoms with E-state index in [9.17, 15) is 9.59 Å². The summed E-state index contributed by atoms with van der Waals surface area (Å²) >= 11 is 11.0. The van der Waals surface area contributed by atoms with Gasteiger partial charge in [0.05, 0.1) is 6.61 Å². The van der Waals surface area contributed by atoms with E-state index < -0.39 is 11.8 Å². The fourth-order valence-electron chi connectivity index (χ4n) is 2.53. The summed E-state index contributed by atoms with van der Waals surface area (Å²) in [5, 5.41) is 7.39. The first-order valence-corrected chi connectivity index (χ1v) is 9.49. The number of benzene rings is 2. The number of aromatic nitrogens is 3. The van der Waals surface area contributed by atoms with Crippen LogP contribution < -0.4 is 15.6 Å². The Balaban J connectivity index is 1.66. The van der Waals surface area contributed by atoms with E-state index in [0.717, 1.165) is 11.3 Å². The molecule has 0 spiro atoms. The second kappa shape index (κ2) is 9.35. The van der Waals surface area contributed by atoms with Gasteiger partial charge in [-0.05, 0) is 67.7 Å². The fourth-order valence-corrected chi connectivity index (χ4v) is 2.86. The monoisotopic (exact) mass is 431 g/mol. The maximum Gasteiger partial charge on any atom is 0.269 e. The van der Waals surface area contributed by atoms with Crippen LogP contribution in [0.2, 0.25) is 5.02 Å². The van der Waals surface area contributed by atoms with Crippen molar-refractivity contribution in [1.29, 1.82) is 0 Å². The Morgan fingerprint density at radius 3 is 2.48 bits per heavy atom. The number of halogens is 1. The molecule has 0 unspecified atom stereocenters.